The van der Waals surface area contributed by atoms with Crippen molar-refractivity contribution in [2.45, 2.75) is 0 Å². The molecule has 0 bridgehead atoms. The van der Waals surface area contributed by atoms with Gasteiger partial charge in [0.05, 0.1) is 9.85 Å². The number of hydrogen-bond donors (Lipinski definition) is 2. The Morgan fingerprint density at radius 2 is 1.00 bits per heavy atom. The van der Waals surface area contributed by atoms with E-state index in [9.17, 15) is 29.8 Å². The van der Waals surface area contributed by atoms with Gasteiger partial charge in [-0.3, -0.25) is 20.2 Å². The molecule has 0 unspecified atom stereocenters. The fourth-order valence-electron chi connectivity index (χ4n) is 1.63. The quantitative estimate of drug-likeness (QED) is 0.428. The van der Waals surface area contributed by atoms with Crippen LogP contribution in [0.3, 0.4) is 0 Å². The van der Waals surface area contributed by atoms with Gasteiger partial charge in [-0.1, -0.05) is 24.3 Å². The van der Waals surface area contributed by atoms with Crippen molar-refractivity contribution in [3.63, 3.8) is 0 Å². The van der Waals surface area contributed by atoms with Crippen molar-refractivity contribution in [3.05, 3.63) is 79.9 Å². The number of nitro groups is 2. The zero-order valence-electron chi connectivity index (χ0n) is 12.7. The Bertz CT molecular complexity index is 677. The number of benzene rings is 2. The smallest absolute Gasteiger partial charge is 0.342 e. The molecule has 4 N–H and O–H groups in total. The summed E-state index contributed by atoms with van der Waals surface area (Å²) in [6.07, 6.45) is 0. The van der Waals surface area contributed by atoms with Crippen molar-refractivity contribution in [2.24, 2.45) is 0 Å². The van der Waals surface area contributed by atoms with Gasteiger partial charge in [-0.2, -0.15) is 0 Å². The summed E-state index contributed by atoms with van der Waals surface area (Å²) in [6, 6.07) is 10.4. The fourth-order valence-corrected chi connectivity index (χ4v) is 1.63. The van der Waals surface area contributed by atoms with E-state index in [1.807, 2.05) is 0 Å². The molecule has 1 radical (unpaired) electrons. The third-order valence-corrected chi connectivity index (χ3v) is 2.66. The van der Waals surface area contributed by atoms with E-state index < -0.39 is 21.8 Å². The minimum absolute atomic E-state index is 0. The second-order valence-corrected chi connectivity index (χ2v) is 4.16. The summed E-state index contributed by atoms with van der Waals surface area (Å²) in [5, 5.41) is 37.6. The number of carboxylic acid groups (broad SMARTS) is 2. The van der Waals surface area contributed by atoms with Gasteiger partial charge >= 0.3 is 11.9 Å². The summed E-state index contributed by atoms with van der Waals surface area (Å²) in [4.78, 5) is 39.9. The molecule has 0 amide bonds. The fraction of sp³-hybridized carbons (Fsp3) is 0. The average Bonchev–Trinajstić information content (AvgIpc) is 2.55. The number of nitrogens with zero attached hydrogens (tertiary/aromatic N) is 2. The molecule has 2 aromatic carbocycles. The summed E-state index contributed by atoms with van der Waals surface area (Å²) in [5.41, 5.74) is -1.35. The van der Waals surface area contributed by atoms with Crippen molar-refractivity contribution < 1.29 is 52.2 Å². The summed E-state index contributed by atoms with van der Waals surface area (Å²) in [7, 11) is 0. The van der Waals surface area contributed by atoms with Crippen LogP contribution in [0.1, 0.15) is 20.7 Å². The third kappa shape index (κ3) is 6.65. The third-order valence-electron chi connectivity index (χ3n) is 2.66. The topological polar surface area (TPSA) is 192 Å². The molecule has 0 heterocycles. The van der Waals surface area contributed by atoms with Gasteiger partial charge in [0.2, 0.25) is 0 Å². The normalized spacial score (nSPS) is 8.62. The van der Waals surface area contributed by atoms with E-state index in [0.717, 1.165) is 12.1 Å². The van der Waals surface area contributed by atoms with Gasteiger partial charge in [0.25, 0.3) is 11.4 Å². The molecule has 2 aromatic rings. The van der Waals surface area contributed by atoms with Crippen LogP contribution < -0.4 is 0 Å². The first-order chi connectivity index (χ1) is 11.3. The number of hydrogen-bond acceptors (Lipinski definition) is 6. The molecule has 0 saturated carbocycles. The molecule has 12 heteroatoms. The van der Waals surface area contributed by atoms with Crippen molar-refractivity contribution >= 4 is 23.3 Å². The molecule has 0 aliphatic rings. The predicted molar refractivity (Wildman–Crippen MR) is 83.7 cm³/mol. The molecule has 2 rings (SSSR count). The molecular formula is C14H12CuN2O9. The molecular weight excluding hydrogens is 404 g/mol. The van der Waals surface area contributed by atoms with Gasteiger partial charge in [-0.15, -0.1) is 0 Å². The van der Waals surface area contributed by atoms with Gasteiger partial charge in [0, 0.05) is 29.2 Å². The van der Waals surface area contributed by atoms with E-state index >= 15 is 0 Å². The molecule has 143 valence electrons. The van der Waals surface area contributed by atoms with E-state index in [1.54, 1.807) is 0 Å². The van der Waals surface area contributed by atoms with Crippen LogP contribution in [0.15, 0.2) is 48.5 Å². The zero-order chi connectivity index (χ0) is 18.3. The molecule has 11 nitrogen and oxygen atoms in total. The maximum absolute atomic E-state index is 10.4. The minimum atomic E-state index is -1.29. The van der Waals surface area contributed by atoms with Crippen LogP contribution in [0, 0.1) is 20.2 Å². The number of aromatic carboxylic acids is 2. The Morgan fingerprint density at radius 3 is 1.19 bits per heavy atom. The first-order valence-electron chi connectivity index (χ1n) is 6.19. The van der Waals surface area contributed by atoms with E-state index in [4.69, 9.17) is 10.2 Å². The van der Waals surface area contributed by atoms with Gasteiger partial charge in [0.15, 0.2) is 0 Å². The second-order valence-electron chi connectivity index (χ2n) is 4.16. The first kappa shape index (κ1) is 24.9. The van der Waals surface area contributed by atoms with Crippen molar-refractivity contribution in [1.29, 1.82) is 0 Å². The molecule has 0 aromatic heterocycles. The summed E-state index contributed by atoms with van der Waals surface area (Å²) in [5.74, 6) is -2.58. The molecule has 0 atom stereocenters. The van der Waals surface area contributed by atoms with E-state index in [0.29, 0.717) is 0 Å². The van der Waals surface area contributed by atoms with Gasteiger partial charge in [-0.05, 0) is 12.1 Å². The largest absolute Gasteiger partial charge is 0.477 e. The van der Waals surface area contributed by atoms with Crippen LogP contribution in [0.25, 0.3) is 0 Å². The number of nitro benzene ring substituents is 2. The predicted octanol–water partition coefficient (Wildman–Crippen LogP) is 1.76. The van der Waals surface area contributed by atoms with Crippen LogP contribution in [-0.4, -0.2) is 37.5 Å². The van der Waals surface area contributed by atoms with E-state index in [1.165, 1.54) is 36.4 Å². The average molecular weight is 416 g/mol. The maximum atomic E-state index is 10.4. The number of carboxylic acids is 2. The number of para-hydroxylation sites is 2. The van der Waals surface area contributed by atoms with Crippen molar-refractivity contribution in [2.75, 3.05) is 0 Å². The van der Waals surface area contributed by atoms with E-state index in [2.05, 4.69) is 0 Å². The molecule has 0 aliphatic heterocycles. The van der Waals surface area contributed by atoms with Crippen LogP contribution >= 0.6 is 0 Å². The Labute approximate surface area is 156 Å². The SMILES string of the molecule is O.O=C(O)c1ccccc1[N+](=O)[O-].O=C(O)c1ccccc1[N+](=O)[O-].[Cu]. The van der Waals surface area contributed by atoms with Crippen LogP contribution in [0.2, 0.25) is 0 Å². The van der Waals surface area contributed by atoms with Gasteiger partial charge in [0.1, 0.15) is 11.1 Å². The number of rotatable bonds is 4. The maximum Gasteiger partial charge on any atom is 0.342 e. The Kier molecular flexibility index (Phi) is 10.8. The molecule has 0 aliphatic carbocycles. The summed E-state index contributed by atoms with van der Waals surface area (Å²) in [6.45, 7) is 0. The minimum Gasteiger partial charge on any atom is -0.477 e. The first-order valence-corrected chi connectivity index (χ1v) is 6.19. The van der Waals surface area contributed by atoms with Crippen molar-refractivity contribution in [1.82, 2.24) is 0 Å². The molecule has 0 saturated heterocycles. The summed E-state index contributed by atoms with van der Waals surface area (Å²) >= 11 is 0. The monoisotopic (exact) mass is 415 g/mol. The molecule has 0 spiro atoms. The van der Waals surface area contributed by atoms with Crippen LogP contribution in [0.5, 0.6) is 0 Å². The van der Waals surface area contributed by atoms with E-state index in [-0.39, 0.29) is 45.0 Å². The Hall–Kier alpha value is -3.34. The van der Waals surface area contributed by atoms with Crippen LogP contribution in [0.4, 0.5) is 11.4 Å². The van der Waals surface area contributed by atoms with Crippen LogP contribution in [-0.2, 0) is 17.1 Å². The molecule has 0 fully saturated rings. The van der Waals surface area contributed by atoms with Gasteiger partial charge in [-0.25, -0.2) is 9.59 Å². The number of carbonyl (C=O) groups is 2. The summed E-state index contributed by atoms with van der Waals surface area (Å²) < 4.78 is 0. The van der Waals surface area contributed by atoms with Gasteiger partial charge < -0.3 is 15.7 Å². The standard InChI is InChI=1S/2C7H5NO4.Cu.H2O/c2*9-7(10)5-3-1-2-4-6(5)8(11)12;;/h2*1-4H,(H,9,10);;1H2. The zero-order valence-corrected chi connectivity index (χ0v) is 13.6. The van der Waals surface area contributed by atoms with Crippen molar-refractivity contribution in [3.8, 4) is 0 Å². The second kappa shape index (κ2) is 11.3. The Balaban J connectivity index is 0. The Morgan fingerprint density at radius 1 is 0.731 bits per heavy atom. The molecule has 26 heavy (non-hydrogen) atoms.